The molecule has 0 amide bonds. The van der Waals surface area contributed by atoms with Crippen molar-refractivity contribution in [2.24, 2.45) is 0 Å². The molecule has 1 aromatic rings. The Labute approximate surface area is 358 Å². The van der Waals surface area contributed by atoms with Gasteiger partial charge >= 0.3 is 95.0 Å². The molecule has 23 heteroatoms. The summed E-state index contributed by atoms with van der Waals surface area (Å²) in [6.07, 6.45) is -24.1. The summed E-state index contributed by atoms with van der Waals surface area (Å²) in [6, 6.07) is 7.21. The first-order valence-electron chi connectivity index (χ1n) is 16.1. The number of para-hydroxylation sites is 1. The summed E-state index contributed by atoms with van der Waals surface area (Å²) in [5.74, 6) is -7.21. The molecule has 0 saturated carbocycles. The largest absolute Gasteiger partial charge is 1.00 e. The van der Waals surface area contributed by atoms with Crippen LogP contribution in [0.2, 0.25) is 0 Å². The number of benzene rings is 1. The molecule has 2 heterocycles. The van der Waals surface area contributed by atoms with Crippen LogP contribution in [0.25, 0.3) is 0 Å². The van der Waals surface area contributed by atoms with E-state index in [1.54, 1.807) is 6.07 Å². The van der Waals surface area contributed by atoms with Crippen LogP contribution < -0.4 is 56.1 Å². The van der Waals surface area contributed by atoms with Crippen LogP contribution in [0.1, 0.15) is 49.9 Å². The molecular weight excluding hydrogens is 790 g/mol. The number of carbonyl (C=O) groups is 7. The SMILES string of the molecule is CC(=O)O[C@@H]1[C@@H](OC(C)=O)[C@H](C(C)=O)O[C@H](C(O)[C@@H]2O[C@H](C(Oc3ccccc3)OP(=O)(O)O)[C@@H](OC(C)=O)[C@H](OC(C)=O)[C@H]2OC(C)=O)[C@H]1OC(C)=O.[H-].[K+]. The number of Topliss-reactive ketones (excluding diaryl/α,β-unsaturated/α-hetero) is 1. The van der Waals surface area contributed by atoms with Crippen molar-refractivity contribution in [3.05, 3.63) is 30.3 Å². The molecule has 3 N–H and O–H groups in total. The zero-order valence-electron chi connectivity index (χ0n) is 32.0. The Morgan fingerprint density at radius 1 is 0.600 bits per heavy atom. The minimum atomic E-state index is -5.54. The third-order valence-electron chi connectivity index (χ3n) is 7.57. The second-order valence-electron chi connectivity index (χ2n) is 12.0. The molecule has 2 fully saturated rings. The Kier molecular flexibility index (Phi) is 18.5. The van der Waals surface area contributed by atoms with Gasteiger partial charge < -0.3 is 59.0 Å². The summed E-state index contributed by atoms with van der Waals surface area (Å²) < 4.78 is 67.1. The van der Waals surface area contributed by atoms with Gasteiger partial charge in [-0.3, -0.25) is 33.6 Å². The van der Waals surface area contributed by atoms with E-state index in [0.29, 0.717) is 0 Å². The van der Waals surface area contributed by atoms with Crippen LogP contribution in [-0.2, 0) is 80.5 Å². The average Bonchev–Trinajstić information content (AvgIpc) is 3.02. The molecule has 3 rings (SSSR count). The van der Waals surface area contributed by atoms with Gasteiger partial charge in [0.1, 0.15) is 24.1 Å². The number of carbonyl (C=O) groups excluding carboxylic acids is 7. The number of ketones is 1. The molecule has 0 aromatic heterocycles. The van der Waals surface area contributed by atoms with Gasteiger partial charge in [-0.05, 0) is 19.1 Å². The van der Waals surface area contributed by atoms with E-state index in [9.17, 15) is 53.0 Å². The Morgan fingerprint density at radius 2 is 0.964 bits per heavy atom. The summed E-state index contributed by atoms with van der Waals surface area (Å²) in [7, 11) is -5.54. The molecular formula is C32H42KO21P. The first-order chi connectivity index (χ1) is 25.1. The van der Waals surface area contributed by atoms with Crippen LogP contribution in [-0.4, -0.2) is 130 Å². The van der Waals surface area contributed by atoms with Gasteiger partial charge in [-0.1, -0.05) is 18.2 Å². The Morgan fingerprint density at radius 3 is 1.36 bits per heavy atom. The normalized spacial score (nSPS) is 28.8. The monoisotopic (exact) mass is 832 g/mol. The van der Waals surface area contributed by atoms with Gasteiger partial charge in [-0.15, -0.1) is 0 Å². The number of hydrogen-bond acceptors (Lipinski definition) is 19. The standard InChI is InChI=1S/C32H41O21P.K.H/c1-13(33)22-25(44-14(2)34)28(47-17(5)37)26(45-15(3)35)23(51-22)21(40)24-27(46-16(4)36)29(48-18(6)38)30(49-19(7)39)31(52-24)32(53-54(41,42)43)50-20-11-9-8-10-12-20;;/h8-12,21-32,40H,1-7H3,(H2,41,42,43);;/q;+1;-1/t21?,22-,23+,24-,25-,26+,27-,28+,29+,30-,31-,32?;;/m0../s1. The molecule has 21 nitrogen and oxygen atoms in total. The van der Waals surface area contributed by atoms with E-state index in [1.165, 1.54) is 24.3 Å². The van der Waals surface area contributed by atoms with Crippen LogP contribution in [0.3, 0.4) is 0 Å². The number of phosphoric ester groups is 1. The van der Waals surface area contributed by atoms with Crippen LogP contribution in [0.4, 0.5) is 0 Å². The van der Waals surface area contributed by atoms with Crippen molar-refractivity contribution >= 4 is 49.4 Å². The molecule has 302 valence electrons. The average molecular weight is 833 g/mol. The van der Waals surface area contributed by atoms with Gasteiger partial charge in [0, 0.05) is 41.5 Å². The number of ether oxygens (including phenoxy) is 9. The fraction of sp³-hybridized carbons (Fsp3) is 0.594. The maximum absolute atomic E-state index is 12.9. The fourth-order valence-corrected chi connectivity index (χ4v) is 6.35. The third-order valence-corrected chi connectivity index (χ3v) is 8.06. The van der Waals surface area contributed by atoms with Gasteiger partial charge in [0.05, 0.1) is 0 Å². The smallest absolute Gasteiger partial charge is 1.00 e. The van der Waals surface area contributed by atoms with Gasteiger partial charge in [0.25, 0.3) is 0 Å². The van der Waals surface area contributed by atoms with E-state index >= 15 is 0 Å². The molecule has 2 unspecified atom stereocenters. The molecule has 2 aliphatic heterocycles. The van der Waals surface area contributed by atoms with Crippen LogP contribution >= 0.6 is 7.82 Å². The number of rotatable bonds is 14. The number of esters is 6. The summed E-state index contributed by atoms with van der Waals surface area (Å²) in [6.45, 7) is 6.56. The fourth-order valence-electron chi connectivity index (χ4n) is 5.92. The molecule has 0 bridgehead atoms. The summed E-state index contributed by atoms with van der Waals surface area (Å²) in [4.78, 5) is 107. The second-order valence-corrected chi connectivity index (χ2v) is 13.2. The van der Waals surface area contributed by atoms with Gasteiger partial charge in [-0.2, -0.15) is 0 Å². The van der Waals surface area contributed by atoms with Gasteiger partial charge in [-0.25, -0.2) is 9.09 Å². The van der Waals surface area contributed by atoms with E-state index in [4.69, 9.17) is 47.2 Å². The molecule has 0 aliphatic carbocycles. The number of aliphatic hydroxyl groups is 1. The van der Waals surface area contributed by atoms with Crippen LogP contribution in [0, 0.1) is 0 Å². The van der Waals surface area contributed by atoms with Crippen molar-refractivity contribution in [2.45, 2.75) is 122 Å². The minimum absolute atomic E-state index is 0. The molecule has 1 aromatic carbocycles. The quantitative estimate of drug-likeness (QED) is 0.0544. The van der Waals surface area contributed by atoms with Crippen molar-refractivity contribution in [3.8, 4) is 5.75 Å². The zero-order valence-corrected chi connectivity index (χ0v) is 35.0. The van der Waals surface area contributed by atoms with Crippen LogP contribution in [0.5, 0.6) is 5.75 Å². The Bertz CT molecular complexity index is 1610. The topological polar surface area (TPSA) is 290 Å². The molecule has 12 atom stereocenters. The van der Waals surface area contributed by atoms with Crippen molar-refractivity contribution in [1.82, 2.24) is 0 Å². The maximum Gasteiger partial charge on any atom is 1.00 e. The van der Waals surface area contributed by atoms with E-state index < -0.39 is 123 Å². The van der Waals surface area contributed by atoms with E-state index in [1.807, 2.05) is 0 Å². The number of phosphoric acid groups is 1. The van der Waals surface area contributed by atoms with Crippen molar-refractivity contribution in [2.75, 3.05) is 0 Å². The predicted molar refractivity (Wildman–Crippen MR) is 172 cm³/mol. The van der Waals surface area contributed by atoms with Crippen molar-refractivity contribution in [3.63, 3.8) is 0 Å². The maximum atomic E-state index is 12.9. The van der Waals surface area contributed by atoms with Crippen molar-refractivity contribution in [1.29, 1.82) is 0 Å². The van der Waals surface area contributed by atoms with Crippen molar-refractivity contribution < 1.29 is 153 Å². The van der Waals surface area contributed by atoms with E-state index in [2.05, 4.69) is 0 Å². The molecule has 55 heavy (non-hydrogen) atoms. The molecule has 0 spiro atoms. The van der Waals surface area contributed by atoms with E-state index in [0.717, 1.165) is 48.5 Å². The number of aliphatic hydroxyl groups excluding tert-OH is 1. The summed E-state index contributed by atoms with van der Waals surface area (Å²) >= 11 is 0. The minimum Gasteiger partial charge on any atom is -1.00 e. The Balaban J connectivity index is 0.00000784. The predicted octanol–water partition coefficient (Wildman–Crippen LogP) is -3.31. The first kappa shape index (κ1) is 48.3. The van der Waals surface area contributed by atoms with Crippen LogP contribution in [0.15, 0.2) is 30.3 Å². The molecule has 0 radical (unpaired) electrons. The third kappa shape index (κ3) is 13.9. The molecule has 2 aliphatic rings. The van der Waals surface area contributed by atoms with Gasteiger partial charge in [0.2, 0.25) is 6.29 Å². The summed E-state index contributed by atoms with van der Waals surface area (Å²) in [5, 5.41) is 12.2. The Hall–Kier alpha value is -2.86. The van der Waals surface area contributed by atoms with E-state index in [-0.39, 0.29) is 58.6 Å². The second kappa shape index (κ2) is 21.1. The van der Waals surface area contributed by atoms with Gasteiger partial charge in [0.15, 0.2) is 54.6 Å². The first-order valence-corrected chi connectivity index (χ1v) is 17.6. The zero-order chi connectivity index (χ0) is 40.7. The molecule has 2 saturated heterocycles. The summed E-state index contributed by atoms with van der Waals surface area (Å²) in [5.41, 5.74) is 0. The number of hydrogen-bond donors (Lipinski definition) is 3.